The second kappa shape index (κ2) is 6.26. The second-order valence-electron chi connectivity index (χ2n) is 5.26. The number of piperidine rings is 1. The molecule has 3 nitrogen and oxygen atoms in total. The summed E-state index contributed by atoms with van der Waals surface area (Å²) in [6.07, 6.45) is 2.11. The predicted molar refractivity (Wildman–Crippen MR) is 73.5 cm³/mol. The lowest BCUT2D eigenvalue weighted by atomic mass is 9.94. The molecule has 0 aromatic heterocycles. The van der Waals surface area contributed by atoms with E-state index in [0.717, 1.165) is 32.5 Å². The van der Waals surface area contributed by atoms with Crippen molar-refractivity contribution in [3.8, 4) is 0 Å². The lowest BCUT2D eigenvalue weighted by Gasteiger charge is -2.34. The Morgan fingerprint density at radius 2 is 1.95 bits per heavy atom. The fourth-order valence-electron chi connectivity index (χ4n) is 2.60. The molecule has 1 aliphatic rings. The normalized spacial score (nSPS) is 19.3. The molecule has 0 aliphatic carbocycles. The fraction of sp³-hybridized carbons (Fsp3) is 0.533. The molecule has 1 unspecified atom stereocenters. The van der Waals surface area contributed by atoms with E-state index in [1.54, 1.807) is 12.1 Å². The first kappa shape index (κ1) is 14.2. The molecule has 1 aromatic rings. The number of hydrogen-bond donors (Lipinski definition) is 1. The molecule has 1 aromatic carbocycles. The van der Waals surface area contributed by atoms with E-state index in [0.29, 0.717) is 11.5 Å². The minimum Gasteiger partial charge on any atom is -0.330 e. The Balaban J connectivity index is 1.98. The van der Waals surface area contributed by atoms with Crippen LogP contribution in [0.15, 0.2) is 24.3 Å². The Hall–Kier alpha value is -1.26. The first-order chi connectivity index (χ1) is 9.11. The van der Waals surface area contributed by atoms with Gasteiger partial charge in [-0.15, -0.1) is 0 Å². The summed E-state index contributed by atoms with van der Waals surface area (Å²) in [4.78, 5) is 14.5. The van der Waals surface area contributed by atoms with Gasteiger partial charge < -0.3 is 5.73 Å². The molecular weight excluding hydrogens is 243 g/mol. The molecule has 2 N–H and O–H groups in total. The van der Waals surface area contributed by atoms with Crippen LogP contribution in [0.1, 0.15) is 30.1 Å². The average Bonchev–Trinajstić information content (AvgIpc) is 2.46. The number of halogens is 1. The summed E-state index contributed by atoms with van der Waals surface area (Å²) in [5, 5.41) is 0. The SMILES string of the molecule is CC(C(=O)c1ccc(F)cc1)N1CCC(CN)CC1. The molecule has 0 amide bonds. The number of hydrogen-bond acceptors (Lipinski definition) is 3. The van der Waals surface area contributed by atoms with Crippen molar-refractivity contribution >= 4 is 5.78 Å². The average molecular weight is 264 g/mol. The summed E-state index contributed by atoms with van der Waals surface area (Å²) in [7, 11) is 0. The summed E-state index contributed by atoms with van der Waals surface area (Å²) in [5.41, 5.74) is 6.25. The second-order valence-corrected chi connectivity index (χ2v) is 5.26. The highest BCUT2D eigenvalue weighted by Crippen LogP contribution is 2.19. The maximum absolute atomic E-state index is 12.9. The third-order valence-corrected chi connectivity index (χ3v) is 4.04. The Morgan fingerprint density at radius 1 is 1.37 bits per heavy atom. The molecule has 1 saturated heterocycles. The van der Waals surface area contributed by atoms with Gasteiger partial charge in [-0.3, -0.25) is 9.69 Å². The molecule has 0 radical (unpaired) electrons. The van der Waals surface area contributed by atoms with E-state index in [1.807, 2.05) is 6.92 Å². The Kier molecular flexibility index (Phi) is 4.66. The van der Waals surface area contributed by atoms with E-state index < -0.39 is 0 Å². The van der Waals surface area contributed by atoms with Crippen molar-refractivity contribution in [3.05, 3.63) is 35.6 Å². The van der Waals surface area contributed by atoms with Crippen LogP contribution in [0, 0.1) is 11.7 Å². The van der Waals surface area contributed by atoms with Crippen molar-refractivity contribution in [2.45, 2.75) is 25.8 Å². The molecule has 0 bridgehead atoms. The zero-order valence-corrected chi connectivity index (χ0v) is 11.3. The topological polar surface area (TPSA) is 46.3 Å². The van der Waals surface area contributed by atoms with Crippen molar-refractivity contribution in [2.75, 3.05) is 19.6 Å². The molecule has 2 rings (SSSR count). The van der Waals surface area contributed by atoms with Crippen LogP contribution in [0.5, 0.6) is 0 Å². The van der Waals surface area contributed by atoms with E-state index in [-0.39, 0.29) is 17.6 Å². The number of benzene rings is 1. The minimum absolute atomic E-state index is 0.0613. The molecule has 1 aliphatic heterocycles. The van der Waals surface area contributed by atoms with E-state index in [4.69, 9.17) is 5.73 Å². The van der Waals surface area contributed by atoms with Crippen LogP contribution in [0.3, 0.4) is 0 Å². The van der Waals surface area contributed by atoms with Crippen molar-refractivity contribution < 1.29 is 9.18 Å². The lowest BCUT2D eigenvalue weighted by molar-refractivity contribution is 0.0775. The number of Topliss-reactive ketones (excluding diaryl/α,β-unsaturated/α-hetero) is 1. The van der Waals surface area contributed by atoms with Crippen molar-refractivity contribution in [2.24, 2.45) is 11.7 Å². The van der Waals surface area contributed by atoms with Gasteiger partial charge in [0.25, 0.3) is 0 Å². The van der Waals surface area contributed by atoms with Crippen molar-refractivity contribution in [1.29, 1.82) is 0 Å². The van der Waals surface area contributed by atoms with Gasteiger partial charge in [-0.25, -0.2) is 4.39 Å². The standard InChI is InChI=1S/C15H21FN2O/c1-11(18-8-6-12(10-17)7-9-18)15(19)13-2-4-14(16)5-3-13/h2-5,11-12H,6-10,17H2,1H3. The monoisotopic (exact) mass is 264 g/mol. The molecule has 4 heteroatoms. The van der Waals surface area contributed by atoms with Crippen molar-refractivity contribution in [3.63, 3.8) is 0 Å². The third-order valence-electron chi connectivity index (χ3n) is 4.04. The summed E-state index contributed by atoms with van der Waals surface area (Å²) >= 11 is 0. The Labute approximate surface area is 113 Å². The highest BCUT2D eigenvalue weighted by atomic mass is 19.1. The first-order valence-electron chi connectivity index (χ1n) is 6.85. The van der Waals surface area contributed by atoms with E-state index >= 15 is 0 Å². The molecule has 0 saturated carbocycles. The van der Waals surface area contributed by atoms with Gasteiger partial charge in [0.15, 0.2) is 5.78 Å². The molecular formula is C15H21FN2O. The van der Waals surface area contributed by atoms with Crippen LogP contribution in [0.25, 0.3) is 0 Å². The van der Waals surface area contributed by atoms with Gasteiger partial charge in [0.2, 0.25) is 0 Å². The molecule has 104 valence electrons. The lowest BCUT2D eigenvalue weighted by Crippen LogP contribution is -2.45. The van der Waals surface area contributed by atoms with Gasteiger partial charge in [0, 0.05) is 5.56 Å². The Bertz CT molecular complexity index is 424. The first-order valence-corrected chi connectivity index (χ1v) is 6.85. The molecule has 1 fully saturated rings. The number of carbonyl (C=O) groups excluding carboxylic acids is 1. The minimum atomic E-state index is -0.312. The number of ketones is 1. The van der Waals surface area contributed by atoms with E-state index in [9.17, 15) is 9.18 Å². The molecule has 0 spiro atoms. The zero-order valence-electron chi connectivity index (χ0n) is 11.3. The highest BCUT2D eigenvalue weighted by molar-refractivity contribution is 5.99. The number of nitrogens with two attached hydrogens (primary N) is 1. The van der Waals surface area contributed by atoms with Gasteiger partial charge in [0.05, 0.1) is 6.04 Å². The predicted octanol–water partition coefficient (Wildman–Crippen LogP) is 2.07. The Morgan fingerprint density at radius 3 is 2.47 bits per heavy atom. The van der Waals surface area contributed by atoms with Crippen LogP contribution in [0.2, 0.25) is 0 Å². The van der Waals surface area contributed by atoms with E-state index in [2.05, 4.69) is 4.90 Å². The third kappa shape index (κ3) is 3.39. The maximum atomic E-state index is 12.9. The number of likely N-dealkylation sites (tertiary alicyclic amines) is 1. The van der Waals surface area contributed by atoms with Gasteiger partial charge in [-0.2, -0.15) is 0 Å². The summed E-state index contributed by atoms with van der Waals surface area (Å²) in [6.45, 7) is 4.48. The van der Waals surface area contributed by atoms with Gasteiger partial charge in [-0.05, 0) is 69.6 Å². The highest BCUT2D eigenvalue weighted by Gasteiger charge is 2.26. The van der Waals surface area contributed by atoms with Crippen LogP contribution in [-0.2, 0) is 0 Å². The van der Waals surface area contributed by atoms with Gasteiger partial charge in [0.1, 0.15) is 5.82 Å². The zero-order chi connectivity index (χ0) is 13.8. The number of carbonyl (C=O) groups is 1. The van der Waals surface area contributed by atoms with Gasteiger partial charge in [-0.1, -0.05) is 0 Å². The smallest absolute Gasteiger partial charge is 0.179 e. The fourth-order valence-corrected chi connectivity index (χ4v) is 2.60. The van der Waals surface area contributed by atoms with E-state index in [1.165, 1.54) is 12.1 Å². The molecule has 19 heavy (non-hydrogen) atoms. The summed E-state index contributed by atoms with van der Waals surface area (Å²) in [6, 6.07) is 5.63. The maximum Gasteiger partial charge on any atom is 0.179 e. The molecule has 1 heterocycles. The molecule has 1 atom stereocenters. The van der Waals surface area contributed by atoms with Crippen molar-refractivity contribution in [1.82, 2.24) is 4.90 Å². The van der Waals surface area contributed by atoms with Crippen LogP contribution >= 0.6 is 0 Å². The number of nitrogens with zero attached hydrogens (tertiary/aromatic N) is 1. The van der Waals surface area contributed by atoms with Crippen LogP contribution < -0.4 is 5.73 Å². The van der Waals surface area contributed by atoms with Gasteiger partial charge >= 0.3 is 0 Å². The quantitative estimate of drug-likeness (QED) is 0.847. The van der Waals surface area contributed by atoms with Crippen LogP contribution in [-0.4, -0.2) is 36.4 Å². The number of rotatable bonds is 4. The van der Waals surface area contributed by atoms with Crippen LogP contribution in [0.4, 0.5) is 4.39 Å². The summed E-state index contributed by atoms with van der Waals surface area (Å²) in [5.74, 6) is 0.337. The largest absolute Gasteiger partial charge is 0.330 e. The summed E-state index contributed by atoms with van der Waals surface area (Å²) < 4.78 is 12.9.